The van der Waals surface area contributed by atoms with E-state index in [0.717, 1.165) is 30.5 Å². The highest BCUT2D eigenvalue weighted by atomic mass is 16.6. The third kappa shape index (κ3) is 3.99. The van der Waals surface area contributed by atoms with E-state index in [2.05, 4.69) is 41.8 Å². The Morgan fingerprint density at radius 1 is 1.30 bits per heavy atom. The second-order valence-corrected chi connectivity index (χ2v) is 9.32. The van der Waals surface area contributed by atoms with Gasteiger partial charge in [0, 0.05) is 20.0 Å². The summed E-state index contributed by atoms with van der Waals surface area (Å²) in [6.45, 7) is 7.00. The van der Waals surface area contributed by atoms with Gasteiger partial charge in [0.25, 0.3) is 0 Å². The zero-order valence-corrected chi connectivity index (χ0v) is 17.9. The molecule has 0 fully saturated rings. The molecule has 0 saturated heterocycles. The van der Waals surface area contributed by atoms with E-state index in [1.165, 1.54) is 11.8 Å². The highest BCUT2D eigenvalue weighted by Crippen LogP contribution is 2.32. The van der Waals surface area contributed by atoms with Crippen molar-refractivity contribution in [2.45, 2.75) is 53.0 Å². The summed E-state index contributed by atoms with van der Waals surface area (Å²) in [5.41, 5.74) is 3.88. The van der Waals surface area contributed by atoms with Crippen molar-refractivity contribution >= 4 is 22.5 Å². The third-order valence-corrected chi connectivity index (χ3v) is 5.58. The molecule has 0 radical (unpaired) electrons. The average Bonchev–Trinajstić information content (AvgIpc) is 3.32. The molecule has 1 aliphatic carbocycles. The van der Waals surface area contributed by atoms with E-state index in [0.29, 0.717) is 18.6 Å². The van der Waals surface area contributed by atoms with Gasteiger partial charge >= 0.3 is 5.69 Å². The summed E-state index contributed by atoms with van der Waals surface area (Å²) >= 11 is 0. The van der Waals surface area contributed by atoms with Crippen LogP contribution in [0.2, 0.25) is 0 Å². The fourth-order valence-corrected chi connectivity index (χ4v) is 4.04. The summed E-state index contributed by atoms with van der Waals surface area (Å²) in [6.07, 6.45) is 6.55. The van der Waals surface area contributed by atoms with Crippen LogP contribution in [0.25, 0.3) is 16.7 Å². The van der Waals surface area contributed by atoms with E-state index in [-0.39, 0.29) is 28.5 Å². The number of aromatic nitrogens is 5. The zero-order valence-electron chi connectivity index (χ0n) is 17.9. The van der Waals surface area contributed by atoms with Crippen LogP contribution >= 0.6 is 0 Å². The fraction of sp³-hybridized carbons (Fsp3) is 0.500. The molecule has 3 aromatic rings. The molecule has 8 heteroatoms. The van der Waals surface area contributed by atoms with Crippen LogP contribution in [0.3, 0.4) is 0 Å². The Balaban J connectivity index is 1.54. The van der Waals surface area contributed by atoms with Crippen LogP contribution in [0.1, 0.15) is 62.6 Å². The summed E-state index contributed by atoms with van der Waals surface area (Å²) in [7, 11) is 1.77. The molecule has 3 aromatic heterocycles. The number of rotatable bonds is 5. The molecule has 1 unspecified atom stereocenters. The Labute approximate surface area is 174 Å². The minimum absolute atomic E-state index is 0.00281. The second-order valence-electron chi connectivity index (χ2n) is 9.32. The first kappa shape index (κ1) is 20.3. The van der Waals surface area contributed by atoms with Gasteiger partial charge in [-0.15, -0.1) is 0 Å². The summed E-state index contributed by atoms with van der Waals surface area (Å²) in [5.74, 6) is 0.242. The van der Waals surface area contributed by atoms with Crippen molar-refractivity contribution in [1.82, 2.24) is 24.4 Å². The highest BCUT2D eigenvalue weighted by molar-refractivity contribution is 5.93. The Morgan fingerprint density at radius 3 is 2.73 bits per heavy atom. The van der Waals surface area contributed by atoms with Crippen molar-refractivity contribution in [3.63, 3.8) is 0 Å². The highest BCUT2D eigenvalue weighted by Gasteiger charge is 2.23. The van der Waals surface area contributed by atoms with E-state index >= 15 is 0 Å². The number of carbonyl (C=O) groups is 1. The number of pyridine rings is 1. The number of allylic oxidation sites excluding steroid dienone is 2. The summed E-state index contributed by atoms with van der Waals surface area (Å²) in [4.78, 5) is 29.7. The van der Waals surface area contributed by atoms with Crippen LogP contribution in [-0.2, 0) is 13.6 Å². The molecule has 8 nitrogen and oxygen atoms in total. The molecular weight excluding hydrogens is 382 g/mol. The van der Waals surface area contributed by atoms with E-state index < -0.39 is 0 Å². The molecular formula is C22H27N5O3. The number of imidazole rings is 1. The molecule has 30 heavy (non-hydrogen) atoms. The number of nitrogens with zero attached hydrogens (tertiary/aromatic N) is 5. The van der Waals surface area contributed by atoms with Gasteiger partial charge in [-0.2, -0.15) is 0 Å². The minimum Gasteiger partial charge on any atom is -0.292 e. The third-order valence-electron chi connectivity index (χ3n) is 5.58. The van der Waals surface area contributed by atoms with Gasteiger partial charge < -0.3 is 0 Å². The Kier molecular flexibility index (Phi) is 5.17. The number of Topliss-reactive ketones (excluding diaryl/α,β-unsaturated/α-hetero) is 1. The number of hydrogen-bond acceptors (Lipinski definition) is 6. The van der Waals surface area contributed by atoms with Crippen molar-refractivity contribution in [1.29, 1.82) is 0 Å². The standard InChI is InChI=1S/C22H27N5O3/c1-22(2,3)13-27-18-10-9-16(24-20(18)26(4)21(27)29)15-7-5-14(6-8-15)11-19(28)17-12-23-30-25-17/h7,9-10,12,14H,5-6,8,11,13H2,1-4H3. The Morgan fingerprint density at radius 2 is 2.10 bits per heavy atom. The molecule has 0 aromatic carbocycles. The number of ketones is 1. The maximum absolute atomic E-state index is 12.7. The summed E-state index contributed by atoms with van der Waals surface area (Å²) in [5, 5.41) is 7.12. The number of fused-ring (bicyclic) bond motifs is 1. The predicted molar refractivity (Wildman–Crippen MR) is 113 cm³/mol. The van der Waals surface area contributed by atoms with Crippen LogP contribution in [0, 0.1) is 11.3 Å². The first-order chi connectivity index (χ1) is 14.2. The molecule has 4 rings (SSSR count). The lowest BCUT2D eigenvalue weighted by Gasteiger charge is -2.21. The first-order valence-corrected chi connectivity index (χ1v) is 10.3. The molecule has 158 valence electrons. The van der Waals surface area contributed by atoms with E-state index in [9.17, 15) is 9.59 Å². The predicted octanol–water partition coefficient (Wildman–Crippen LogP) is 3.62. The van der Waals surface area contributed by atoms with Crippen LogP contribution in [-0.4, -0.2) is 30.2 Å². The molecule has 0 amide bonds. The second kappa shape index (κ2) is 7.66. The quantitative estimate of drug-likeness (QED) is 0.597. The lowest BCUT2D eigenvalue weighted by atomic mass is 9.85. The SMILES string of the molecule is Cn1c(=O)n(CC(C)(C)C)c2ccc(C3=CCC(CC(=O)c4cnon4)CC3)nc21. The van der Waals surface area contributed by atoms with Crippen LogP contribution in [0.4, 0.5) is 0 Å². The Bertz CT molecular complexity index is 1160. The van der Waals surface area contributed by atoms with Crippen molar-refractivity contribution in [3.05, 3.63) is 46.3 Å². The fourth-order valence-electron chi connectivity index (χ4n) is 4.04. The lowest BCUT2D eigenvalue weighted by molar-refractivity contribution is 0.0949. The van der Waals surface area contributed by atoms with Gasteiger partial charge in [0.2, 0.25) is 0 Å². The van der Waals surface area contributed by atoms with Gasteiger partial charge in [-0.1, -0.05) is 32.0 Å². The van der Waals surface area contributed by atoms with Gasteiger partial charge in [0.15, 0.2) is 17.1 Å². The zero-order chi connectivity index (χ0) is 21.5. The largest absolute Gasteiger partial charge is 0.330 e. The molecule has 0 aliphatic heterocycles. The minimum atomic E-state index is -0.0388. The monoisotopic (exact) mass is 409 g/mol. The molecule has 0 bridgehead atoms. The van der Waals surface area contributed by atoms with Crippen molar-refractivity contribution in [3.8, 4) is 0 Å². The molecule has 0 N–H and O–H groups in total. The van der Waals surface area contributed by atoms with E-state index in [1.807, 2.05) is 16.7 Å². The molecule has 0 spiro atoms. The van der Waals surface area contributed by atoms with Gasteiger partial charge in [0.1, 0.15) is 6.20 Å². The summed E-state index contributed by atoms with van der Waals surface area (Å²) < 4.78 is 7.95. The van der Waals surface area contributed by atoms with E-state index in [4.69, 9.17) is 4.98 Å². The van der Waals surface area contributed by atoms with Crippen LogP contribution < -0.4 is 5.69 Å². The van der Waals surface area contributed by atoms with Crippen molar-refractivity contribution in [2.75, 3.05) is 0 Å². The smallest absolute Gasteiger partial charge is 0.292 e. The molecule has 0 saturated carbocycles. The average molecular weight is 409 g/mol. The lowest BCUT2D eigenvalue weighted by Crippen LogP contribution is -2.27. The van der Waals surface area contributed by atoms with Crippen molar-refractivity contribution < 1.29 is 9.42 Å². The summed E-state index contributed by atoms with van der Waals surface area (Å²) in [6, 6.07) is 4.00. The Hall–Kier alpha value is -3.03. The van der Waals surface area contributed by atoms with Crippen LogP contribution in [0.5, 0.6) is 0 Å². The molecule has 1 aliphatic rings. The van der Waals surface area contributed by atoms with Crippen LogP contribution in [0.15, 0.2) is 33.8 Å². The van der Waals surface area contributed by atoms with Gasteiger partial charge in [0.05, 0.1) is 11.2 Å². The number of carbonyl (C=O) groups excluding carboxylic acids is 1. The van der Waals surface area contributed by atoms with Crippen molar-refractivity contribution in [2.24, 2.45) is 18.4 Å². The topological polar surface area (TPSA) is 95.8 Å². The molecule has 3 heterocycles. The van der Waals surface area contributed by atoms with Gasteiger partial charge in [-0.25, -0.2) is 14.4 Å². The van der Waals surface area contributed by atoms with E-state index in [1.54, 1.807) is 11.6 Å². The maximum atomic E-state index is 12.7. The molecule has 1 atom stereocenters. The first-order valence-electron chi connectivity index (χ1n) is 10.3. The normalized spacial score (nSPS) is 17.3. The number of aryl methyl sites for hydroxylation is 1. The maximum Gasteiger partial charge on any atom is 0.330 e. The van der Waals surface area contributed by atoms with Gasteiger partial charge in [-0.3, -0.25) is 13.9 Å². The number of hydrogen-bond donors (Lipinski definition) is 0. The van der Waals surface area contributed by atoms with Gasteiger partial charge in [-0.05, 0) is 53.5 Å².